The van der Waals surface area contributed by atoms with E-state index in [9.17, 15) is 9.59 Å². The molecule has 1 aromatic carbocycles. The van der Waals surface area contributed by atoms with E-state index in [1.807, 2.05) is 19.1 Å². The predicted molar refractivity (Wildman–Crippen MR) is 89.5 cm³/mol. The molecular formula is C19H24N2O2. The SMILES string of the molecule is C=C1C2(C(=O)NNC(=O)c3ccc(C)cc3)CCC(C2)C1(C)C. The first kappa shape index (κ1) is 15.8. The zero-order valence-corrected chi connectivity index (χ0v) is 14.0. The molecule has 0 aromatic heterocycles. The van der Waals surface area contributed by atoms with Gasteiger partial charge in [-0.15, -0.1) is 0 Å². The van der Waals surface area contributed by atoms with Crippen LogP contribution in [0.15, 0.2) is 36.4 Å². The molecule has 2 fully saturated rings. The van der Waals surface area contributed by atoms with Crippen molar-refractivity contribution >= 4 is 11.8 Å². The van der Waals surface area contributed by atoms with Crippen LogP contribution in [0.1, 0.15) is 49.0 Å². The second-order valence-electron chi connectivity index (χ2n) is 7.50. The van der Waals surface area contributed by atoms with Crippen LogP contribution in [0.3, 0.4) is 0 Å². The van der Waals surface area contributed by atoms with Crippen molar-refractivity contribution in [3.8, 4) is 0 Å². The van der Waals surface area contributed by atoms with Gasteiger partial charge in [-0.2, -0.15) is 0 Å². The quantitative estimate of drug-likeness (QED) is 0.651. The Morgan fingerprint density at radius 1 is 1.17 bits per heavy atom. The van der Waals surface area contributed by atoms with Gasteiger partial charge in [0.15, 0.2) is 0 Å². The molecule has 2 saturated carbocycles. The number of rotatable bonds is 2. The van der Waals surface area contributed by atoms with Gasteiger partial charge in [0.2, 0.25) is 5.91 Å². The Kier molecular flexibility index (Phi) is 3.58. The maximum absolute atomic E-state index is 12.7. The van der Waals surface area contributed by atoms with E-state index in [0.717, 1.165) is 30.4 Å². The van der Waals surface area contributed by atoms with E-state index < -0.39 is 5.41 Å². The van der Waals surface area contributed by atoms with Crippen LogP contribution in [-0.4, -0.2) is 11.8 Å². The van der Waals surface area contributed by atoms with Gasteiger partial charge in [-0.3, -0.25) is 20.4 Å². The summed E-state index contributed by atoms with van der Waals surface area (Å²) in [6.07, 6.45) is 2.71. The van der Waals surface area contributed by atoms with Crippen molar-refractivity contribution in [1.29, 1.82) is 0 Å². The highest BCUT2D eigenvalue weighted by Gasteiger charge is 2.60. The standard InChI is InChI=1S/C19H24N2O2/c1-12-5-7-14(8-6-12)16(22)20-21-17(23)19-10-9-15(11-19)18(3,4)13(19)2/h5-8,15H,2,9-11H2,1,3-4H3,(H,20,22)(H,21,23). The summed E-state index contributed by atoms with van der Waals surface area (Å²) in [5.41, 5.74) is 7.27. The van der Waals surface area contributed by atoms with Crippen molar-refractivity contribution in [1.82, 2.24) is 10.9 Å². The smallest absolute Gasteiger partial charge is 0.269 e. The minimum atomic E-state index is -0.519. The molecule has 0 heterocycles. The van der Waals surface area contributed by atoms with Gasteiger partial charge in [-0.05, 0) is 49.7 Å². The third kappa shape index (κ3) is 2.37. The molecule has 0 aliphatic heterocycles. The van der Waals surface area contributed by atoms with E-state index in [1.54, 1.807) is 12.1 Å². The molecule has 2 N–H and O–H groups in total. The van der Waals surface area contributed by atoms with Crippen molar-refractivity contribution in [3.05, 3.63) is 47.5 Å². The van der Waals surface area contributed by atoms with Crippen LogP contribution in [0.25, 0.3) is 0 Å². The van der Waals surface area contributed by atoms with Crippen LogP contribution in [-0.2, 0) is 4.79 Å². The second-order valence-corrected chi connectivity index (χ2v) is 7.50. The molecule has 4 heteroatoms. The van der Waals surface area contributed by atoms with Gasteiger partial charge in [-0.1, -0.05) is 43.7 Å². The molecule has 2 bridgehead atoms. The summed E-state index contributed by atoms with van der Waals surface area (Å²) in [6.45, 7) is 10.5. The average Bonchev–Trinajstić information content (AvgIpc) is 3.05. The van der Waals surface area contributed by atoms with Crippen LogP contribution >= 0.6 is 0 Å². The molecule has 2 amide bonds. The van der Waals surface area contributed by atoms with Crippen molar-refractivity contribution in [2.75, 3.05) is 0 Å². The second kappa shape index (κ2) is 5.22. The number of amides is 2. The van der Waals surface area contributed by atoms with Crippen LogP contribution in [0.2, 0.25) is 0 Å². The minimum absolute atomic E-state index is 0.00342. The minimum Gasteiger partial charge on any atom is -0.272 e. The first-order valence-electron chi connectivity index (χ1n) is 8.15. The van der Waals surface area contributed by atoms with Gasteiger partial charge in [-0.25, -0.2) is 0 Å². The molecule has 2 aliphatic carbocycles. The van der Waals surface area contributed by atoms with E-state index in [-0.39, 0.29) is 17.2 Å². The highest BCUT2D eigenvalue weighted by Crippen LogP contribution is 2.65. The summed E-state index contributed by atoms with van der Waals surface area (Å²) in [6, 6.07) is 7.24. The summed E-state index contributed by atoms with van der Waals surface area (Å²) in [5, 5.41) is 0. The van der Waals surface area contributed by atoms with Crippen molar-refractivity contribution in [2.45, 2.75) is 40.0 Å². The molecule has 2 unspecified atom stereocenters. The Balaban J connectivity index is 1.67. The summed E-state index contributed by atoms with van der Waals surface area (Å²) in [4.78, 5) is 24.9. The maximum atomic E-state index is 12.7. The van der Waals surface area contributed by atoms with Gasteiger partial charge in [0.05, 0.1) is 5.41 Å². The Morgan fingerprint density at radius 3 is 2.39 bits per heavy atom. The first-order valence-corrected chi connectivity index (χ1v) is 8.15. The molecule has 1 aromatic rings. The molecule has 3 rings (SSSR count). The van der Waals surface area contributed by atoms with E-state index in [1.165, 1.54) is 0 Å². The van der Waals surface area contributed by atoms with E-state index >= 15 is 0 Å². The fourth-order valence-electron chi connectivity index (χ4n) is 4.15. The maximum Gasteiger partial charge on any atom is 0.269 e. The lowest BCUT2D eigenvalue weighted by Gasteiger charge is -2.37. The lowest BCUT2D eigenvalue weighted by Crippen LogP contribution is -2.49. The van der Waals surface area contributed by atoms with Crippen LogP contribution < -0.4 is 10.9 Å². The largest absolute Gasteiger partial charge is 0.272 e. The van der Waals surface area contributed by atoms with Gasteiger partial charge < -0.3 is 0 Å². The first-order chi connectivity index (χ1) is 10.8. The fourth-order valence-corrected chi connectivity index (χ4v) is 4.15. The highest BCUT2D eigenvalue weighted by atomic mass is 16.2. The van der Waals surface area contributed by atoms with Gasteiger partial charge in [0, 0.05) is 5.56 Å². The molecule has 2 atom stereocenters. The van der Waals surface area contributed by atoms with Crippen LogP contribution in [0.5, 0.6) is 0 Å². The Bertz CT molecular complexity index is 675. The fraction of sp³-hybridized carbons (Fsp3) is 0.474. The number of fused-ring (bicyclic) bond motifs is 2. The van der Waals surface area contributed by atoms with Crippen LogP contribution in [0.4, 0.5) is 0 Å². The zero-order valence-electron chi connectivity index (χ0n) is 14.0. The Hall–Kier alpha value is -2.10. The summed E-state index contributed by atoms with van der Waals surface area (Å²) in [7, 11) is 0. The number of carbonyl (C=O) groups is 2. The summed E-state index contributed by atoms with van der Waals surface area (Å²) in [5.74, 6) is 0.0803. The molecule has 0 spiro atoms. The molecule has 23 heavy (non-hydrogen) atoms. The lowest BCUT2D eigenvalue weighted by atomic mass is 9.68. The van der Waals surface area contributed by atoms with Crippen molar-refractivity contribution in [2.24, 2.45) is 16.7 Å². The van der Waals surface area contributed by atoms with E-state index in [0.29, 0.717) is 11.5 Å². The summed E-state index contributed by atoms with van der Waals surface area (Å²) >= 11 is 0. The van der Waals surface area contributed by atoms with Gasteiger partial charge in [0.1, 0.15) is 0 Å². The third-order valence-corrected chi connectivity index (χ3v) is 5.93. The molecule has 0 radical (unpaired) electrons. The van der Waals surface area contributed by atoms with Crippen LogP contribution in [0, 0.1) is 23.7 Å². The van der Waals surface area contributed by atoms with Crippen molar-refractivity contribution in [3.63, 3.8) is 0 Å². The Labute approximate surface area is 137 Å². The lowest BCUT2D eigenvalue weighted by molar-refractivity contribution is -0.129. The topological polar surface area (TPSA) is 58.2 Å². The third-order valence-electron chi connectivity index (χ3n) is 5.93. The monoisotopic (exact) mass is 312 g/mol. The molecular weight excluding hydrogens is 288 g/mol. The highest BCUT2D eigenvalue weighted by molar-refractivity contribution is 5.96. The Morgan fingerprint density at radius 2 is 1.83 bits per heavy atom. The zero-order chi connectivity index (χ0) is 16.8. The number of hydrazine groups is 1. The van der Waals surface area contributed by atoms with E-state index in [4.69, 9.17) is 0 Å². The number of carbonyl (C=O) groups excluding carboxylic acids is 2. The molecule has 2 aliphatic rings. The summed E-state index contributed by atoms with van der Waals surface area (Å²) < 4.78 is 0. The number of aryl methyl sites for hydroxylation is 1. The normalized spacial score (nSPS) is 27.8. The van der Waals surface area contributed by atoms with Crippen molar-refractivity contribution < 1.29 is 9.59 Å². The van der Waals surface area contributed by atoms with Gasteiger partial charge in [0.25, 0.3) is 5.91 Å². The molecule has 0 saturated heterocycles. The number of hydrogen-bond donors (Lipinski definition) is 2. The average molecular weight is 312 g/mol. The number of hydrogen-bond acceptors (Lipinski definition) is 2. The van der Waals surface area contributed by atoms with Gasteiger partial charge >= 0.3 is 0 Å². The van der Waals surface area contributed by atoms with E-state index in [2.05, 4.69) is 31.3 Å². The number of benzene rings is 1. The number of nitrogens with one attached hydrogen (secondary N) is 2. The predicted octanol–water partition coefficient (Wildman–Crippen LogP) is 3.14. The molecule has 4 nitrogen and oxygen atoms in total. The molecule has 122 valence electrons.